The molecule has 0 bridgehead atoms. The molecule has 2 N–H and O–H groups in total. The molecule has 2 aromatic rings. The molecular weight excluding hydrogens is 222 g/mol. The Labute approximate surface area is 109 Å². The minimum absolute atomic E-state index is 0.616. The van der Waals surface area contributed by atoms with E-state index in [4.69, 9.17) is 10.7 Å². The first-order valence-electron chi connectivity index (χ1n) is 6.83. The monoisotopic (exact) mass is 245 g/mol. The highest BCUT2D eigenvalue weighted by Crippen LogP contribution is 2.20. The van der Waals surface area contributed by atoms with E-state index >= 15 is 0 Å². The number of nitrogens with zero attached hydrogens (tertiary/aromatic N) is 2. The third-order valence-corrected chi connectivity index (χ3v) is 3.22. The summed E-state index contributed by atoms with van der Waals surface area (Å²) in [6.07, 6.45) is 1.90. The van der Waals surface area contributed by atoms with Gasteiger partial charge in [0.1, 0.15) is 5.82 Å². The molecule has 0 atom stereocenters. The average molecular weight is 245 g/mol. The van der Waals surface area contributed by atoms with Gasteiger partial charge in [0.05, 0.1) is 11.0 Å². The number of nitrogens with two attached hydrogens (primary N) is 1. The van der Waals surface area contributed by atoms with Gasteiger partial charge in [0.15, 0.2) is 0 Å². The molecule has 0 saturated carbocycles. The molecule has 0 aliphatic heterocycles. The van der Waals surface area contributed by atoms with Crippen molar-refractivity contribution in [1.29, 1.82) is 0 Å². The van der Waals surface area contributed by atoms with Gasteiger partial charge in [-0.25, -0.2) is 4.98 Å². The molecule has 1 heterocycles. The van der Waals surface area contributed by atoms with Crippen LogP contribution in [0.4, 0.5) is 0 Å². The highest BCUT2D eigenvalue weighted by Gasteiger charge is 2.11. The molecule has 0 fully saturated rings. The summed E-state index contributed by atoms with van der Waals surface area (Å²) < 4.78 is 2.33. The molecule has 0 unspecified atom stereocenters. The SMILES string of the molecule is CCc1ccc2c(c1)nc(CCN)n2CC(C)C. The van der Waals surface area contributed by atoms with Crippen molar-refractivity contribution in [1.82, 2.24) is 9.55 Å². The van der Waals surface area contributed by atoms with Gasteiger partial charge >= 0.3 is 0 Å². The zero-order valence-electron chi connectivity index (χ0n) is 11.6. The Bertz CT molecular complexity index is 526. The first-order chi connectivity index (χ1) is 8.65. The van der Waals surface area contributed by atoms with Crippen molar-refractivity contribution < 1.29 is 0 Å². The van der Waals surface area contributed by atoms with E-state index in [1.165, 1.54) is 11.1 Å². The normalized spacial score (nSPS) is 11.6. The fourth-order valence-corrected chi connectivity index (χ4v) is 2.33. The first kappa shape index (κ1) is 13.1. The lowest BCUT2D eigenvalue weighted by Crippen LogP contribution is -2.12. The molecule has 0 spiro atoms. The predicted octanol–water partition coefficient (Wildman–Crippen LogP) is 2.76. The second-order valence-electron chi connectivity index (χ2n) is 5.25. The molecule has 0 aliphatic carbocycles. The van der Waals surface area contributed by atoms with Gasteiger partial charge < -0.3 is 10.3 Å². The zero-order chi connectivity index (χ0) is 13.1. The molecule has 1 aromatic carbocycles. The van der Waals surface area contributed by atoms with Crippen LogP contribution >= 0.6 is 0 Å². The number of hydrogen-bond donors (Lipinski definition) is 1. The first-order valence-corrected chi connectivity index (χ1v) is 6.83. The molecule has 0 saturated heterocycles. The molecule has 3 nitrogen and oxygen atoms in total. The summed E-state index contributed by atoms with van der Waals surface area (Å²) in [4.78, 5) is 4.75. The van der Waals surface area contributed by atoms with Crippen LogP contribution < -0.4 is 5.73 Å². The van der Waals surface area contributed by atoms with Crippen molar-refractivity contribution in [2.75, 3.05) is 6.54 Å². The van der Waals surface area contributed by atoms with Crippen molar-refractivity contribution >= 4 is 11.0 Å². The molecule has 3 heteroatoms. The molecule has 98 valence electrons. The second-order valence-corrected chi connectivity index (χ2v) is 5.25. The van der Waals surface area contributed by atoms with Gasteiger partial charge in [0, 0.05) is 13.0 Å². The fraction of sp³-hybridized carbons (Fsp3) is 0.533. The molecule has 0 aliphatic rings. The Morgan fingerprint density at radius 1 is 1.33 bits per heavy atom. The summed E-state index contributed by atoms with van der Waals surface area (Å²) in [6, 6.07) is 6.60. The number of imidazole rings is 1. The third-order valence-electron chi connectivity index (χ3n) is 3.22. The molecule has 18 heavy (non-hydrogen) atoms. The van der Waals surface area contributed by atoms with E-state index in [0.29, 0.717) is 12.5 Å². The Morgan fingerprint density at radius 3 is 2.72 bits per heavy atom. The summed E-state index contributed by atoms with van der Waals surface area (Å²) in [5, 5.41) is 0. The van der Waals surface area contributed by atoms with Crippen molar-refractivity contribution in [2.24, 2.45) is 11.7 Å². The van der Waals surface area contributed by atoms with Gasteiger partial charge in [-0.2, -0.15) is 0 Å². The molecule has 0 radical (unpaired) electrons. The van der Waals surface area contributed by atoms with Gasteiger partial charge in [-0.05, 0) is 36.6 Å². The lowest BCUT2D eigenvalue weighted by Gasteiger charge is -2.11. The van der Waals surface area contributed by atoms with Crippen molar-refractivity contribution in [3.05, 3.63) is 29.6 Å². The smallest absolute Gasteiger partial charge is 0.111 e. The topological polar surface area (TPSA) is 43.8 Å². The maximum atomic E-state index is 5.68. The summed E-state index contributed by atoms with van der Waals surface area (Å²) in [7, 11) is 0. The molecular formula is C15H23N3. The minimum atomic E-state index is 0.616. The summed E-state index contributed by atoms with van der Waals surface area (Å²) in [5.41, 5.74) is 9.38. The van der Waals surface area contributed by atoms with Gasteiger partial charge in [-0.3, -0.25) is 0 Å². The maximum absolute atomic E-state index is 5.68. The van der Waals surface area contributed by atoms with E-state index in [-0.39, 0.29) is 0 Å². The Balaban J connectivity index is 2.52. The van der Waals surface area contributed by atoms with E-state index in [1.807, 2.05) is 0 Å². The van der Waals surface area contributed by atoms with E-state index in [2.05, 4.69) is 43.5 Å². The largest absolute Gasteiger partial charge is 0.330 e. The van der Waals surface area contributed by atoms with E-state index in [1.54, 1.807) is 0 Å². The summed E-state index contributed by atoms with van der Waals surface area (Å²) >= 11 is 0. The molecule has 0 amide bonds. The second kappa shape index (κ2) is 5.53. The van der Waals surface area contributed by atoms with Crippen LogP contribution in [0.5, 0.6) is 0 Å². The van der Waals surface area contributed by atoms with Gasteiger partial charge in [-0.1, -0.05) is 26.8 Å². The van der Waals surface area contributed by atoms with Crippen LogP contribution in [0.15, 0.2) is 18.2 Å². The van der Waals surface area contributed by atoms with Crippen LogP contribution in [-0.4, -0.2) is 16.1 Å². The number of hydrogen-bond acceptors (Lipinski definition) is 2. The minimum Gasteiger partial charge on any atom is -0.330 e. The summed E-state index contributed by atoms with van der Waals surface area (Å²) in [6.45, 7) is 8.31. The Morgan fingerprint density at radius 2 is 2.11 bits per heavy atom. The van der Waals surface area contributed by atoms with E-state index < -0.39 is 0 Å². The quantitative estimate of drug-likeness (QED) is 0.880. The van der Waals surface area contributed by atoms with E-state index in [9.17, 15) is 0 Å². The molecule has 2 rings (SSSR count). The predicted molar refractivity (Wildman–Crippen MR) is 76.7 cm³/mol. The van der Waals surface area contributed by atoms with Crippen LogP contribution in [0, 0.1) is 5.92 Å². The van der Waals surface area contributed by atoms with Gasteiger partial charge in [-0.15, -0.1) is 0 Å². The lowest BCUT2D eigenvalue weighted by molar-refractivity contribution is 0.517. The maximum Gasteiger partial charge on any atom is 0.111 e. The van der Waals surface area contributed by atoms with Crippen LogP contribution in [0.3, 0.4) is 0 Å². The zero-order valence-corrected chi connectivity index (χ0v) is 11.6. The number of rotatable bonds is 5. The Hall–Kier alpha value is -1.35. The van der Waals surface area contributed by atoms with Gasteiger partial charge in [0.2, 0.25) is 0 Å². The Kier molecular flexibility index (Phi) is 4.02. The fourth-order valence-electron chi connectivity index (χ4n) is 2.33. The average Bonchev–Trinajstić information content (AvgIpc) is 2.66. The van der Waals surface area contributed by atoms with Crippen LogP contribution in [0.2, 0.25) is 0 Å². The highest BCUT2D eigenvalue weighted by molar-refractivity contribution is 5.77. The number of benzene rings is 1. The van der Waals surface area contributed by atoms with E-state index in [0.717, 1.165) is 30.7 Å². The van der Waals surface area contributed by atoms with Crippen molar-refractivity contribution in [3.63, 3.8) is 0 Å². The van der Waals surface area contributed by atoms with Crippen LogP contribution in [0.25, 0.3) is 11.0 Å². The third kappa shape index (κ3) is 2.56. The number of aromatic nitrogens is 2. The number of aryl methyl sites for hydroxylation is 1. The van der Waals surface area contributed by atoms with Gasteiger partial charge in [0.25, 0.3) is 0 Å². The summed E-state index contributed by atoms with van der Waals surface area (Å²) in [5.74, 6) is 1.74. The van der Waals surface area contributed by atoms with Crippen LogP contribution in [0.1, 0.15) is 32.2 Å². The molecule has 1 aromatic heterocycles. The standard InChI is InChI=1S/C15H23N3/c1-4-12-5-6-14-13(9-12)17-15(7-8-16)18(14)10-11(2)3/h5-6,9,11H,4,7-8,10,16H2,1-3H3. The highest BCUT2D eigenvalue weighted by atomic mass is 15.1. The van der Waals surface area contributed by atoms with Crippen molar-refractivity contribution in [3.8, 4) is 0 Å². The van der Waals surface area contributed by atoms with Crippen molar-refractivity contribution in [2.45, 2.75) is 40.2 Å². The lowest BCUT2D eigenvalue weighted by atomic mass is 10.1. The number of fused-ring (bicyclic) bond motifs is 1. The van der Waals surface area contributed by atoms with Crippen LogP contribution in [-0.2, 0) is 19.4 Å².